The zero-order valence-corrected chi connectivity index (χ0v) is 16.4. The number of para-hydroxylation sites is 1. The van der Waals surface area contributed by atoms with Crippen molar-refractivity contribution in [1.29, 1.82) is 0 Å². The summed E-state index contributed by atoms with van der Waals surface area (Å²) < 4.78 is 28.0. The molecule has 0 aliphatic carbocycles. The van der Waals surface area contributed by atoms with Gasteiger partial charge >= 0.3 is 0 Å². The number of sulfonamides is 1. The SMILES string of the molecule is CNCC1CCN(C(=O)c2ccccc2NS(=O)(=O)c2ccc(C)cc2)C1. The lowest BCUT2D eigenvalue weighted by atomic mass is 10.1. The molecule has 7 heteroatoms. The van der Waals surface area contributed by atoms with E-state index in [4.69, 9.17) is 0 Å². The van der Waals surface area contributed by atoms with Crippen molar-refractivity contribution in [3.8, 4) is 0 Å². The lowest BCUT2D eigenvalue weighted by Gasteiger charge is -2.19. The normalized spacial score (nSPS) is 17.1. The van der Waals surface area contributed by atoms with E-state index < -0.39 is 10.0 Å². The first-order valence-corrected chi connectivity index (χ1v) is 10.5. The van der Waals surface area contributed by atoms with Crippen molar-refractivity contribution in [2.45, 2.75) is 18.2 Å². The van der Waals surface area contributed by atoms with Crippen LogP contribution >= 0.6 is 0 Å². The Morgan fingerprint density at radius 2 is 1.85 bits per heavy atom. The number of benzene rings is 2. The lowest BCUT2D eigenvalue weighted by molar-refractivity contribution is 0.0788. The molecular formula is C20H25N3O3S. The van der Waals surface area contributed by atoms with Crippen LogP contribution in [0.5, 0.6) is 0 Å². The van der Waals surface area contributed by atoms with Gasteiger partial charge in [-0.05, 0) is 57.1 Å². The Labute approximate surface area is 160 Å². The number of rotatable bonds is 6. The van der Waals surface area contributed by atoms with Crippen molar-refractivity contribution in [3.05, 3.63) is 59.7 Å². The largest absolute Gasteiger partial charge is 0.338 e. The number of hydrogen-bond donors (Lipinski definition) is 2. The molecule has 0 spiro atoms. The molecule has 6 nitrogen and oxygen atoms in total. The summed E-state index contributed by atoms with van der Waals surface area (Å²) in [5.41, 5.74) is 1.66. The van der Waals surface area contributed by atoms with E-state index in [1.807, 2.05) is 14.0 Å². The van der Waals surface area contributed by atoms with E-state index in [9.17, 15) is 13.2 Å². The average molecular weight is 388 g/mol. The third-order valence-corrected chi connectivity index (χ3v) is 6.18. The van der Waals surface area contributed by atoms with Crippen LogP contribution in [0.4, 0.5) is 5.69 Å². The van der Waals surface area contributed by atoms with Crippen molar-refractivity contribution >= 4 is 21.6 Å². The fraction of sp³-hybridized carbons (Fsp3) is 0.350. The van der Waals surface area contributed by atoms with Crippen LogP contribution in [0.15, 0.2) is 53.4 Å². The zero-order valence-electron chi connectivity index (χ0n) is 15.6. The minimum atomic E-state index is -3.76. The molecule has 1 unspecified atom stereocenters. The average Bonchev–Trinajstić information content (AvgIpc) is 3.11. The Bertz CT molecular complexity index is 910. The van der Waals surface area contributed by atoms with E-state index in [1.54, 1.807) is 53.4 Å². The first kappa shape index (κ1) is 19.4. The smallest absolute Gasteiger partial charge is 0.261 e. The van der Waals surface area contributed by atoms with Crippen LogP contribution in [0.3, 0.4) is 0 Å². The quantitative estimate of drug-likeness (QED) is 0.798. The molecule has 0 bridgehead atoms. The van der Waals surface area contributed by atoms with Gasteiger partial charge in [0.05, 0.1) is 16.1 Å². The van der Waals surface area contributed by atoms with E-state index in [2.05, 4.69) is 10.0 Å². The predicted molar refractivity (Wildman–Crippen MR) is 106 cm³/mol. The lowest BCUT2D eigenvalue weighted by Crippen LogP contribution is -2.31. The van der Waals surface area contributed by atoms with Crippen LogP contribution in [0, 0.1) is 12.8 Å². The van der Waals surface area contributed by atoms with Gasteiger partial charge in [-0.3, -0.25) is 9.52 Å². The highest BCUT2D eigenvalue weighted by molar-refractivity contribution is 7.92. The molecule has 2 aromatic rings. The van der Waals surface area contributed by atoms with Gasteiger partial charge in [0.2, 0.25) is 0 Å². The number of carbonyl (C=O) groups excluding carboxylic acids is 1. The minimum Gasteiger partial charge on any atom is -0.338 e. The summed E-state index contributed by atoms with van der Waals surface area (Å²) in [5.74, 6) is 0.283. The topological polar surface area (TPSA) is 78.5 Å². The van der Waals surface area contributed by atoms with Crippen LogP contribution in [-0.4, -0.2) is 45.9 Å². The third kappa shape index (κ3) is 4.48. The zero-order chi connectivity index (χ0) is 19.4. The Kier molecular flexibility index (Phi) is 5.82. The highest BCUT2D eigenvalue weighted by Gasteiger charge is 2.28. The molecule has 0 aromatic heterocycles. The standard InChI is InChI=1S/C20H25N3O3S/c1-15-7-9-17(10-8-15)27(25,26)22-19-6-4-3-5-18(19)20(24)23-12-11-16(14-23)13-21-2/h3-10,16,21-22H,11-14H2,1-2H3. The number of likely N-dealkylation sites (tertiary alicyclic amines) is 1. The number of amides is 1. The van der Waals surface area contributed by atoms with E-state index >= 15 is 0 Å². The Morgan fingerprint density at radius 3 is 2.56 bits per heavy atom. The first-order chi connectivity index (χ1) is 12.9. The highest BCUT2D eigenvalue weighted by Crippen LogP contribution is 2.24. The molecule has 0 radical (unpaired) electrons. The summed E-state index contributed by atoms with van der Waals surface area (Å²) in [6.45, 7) is 4.13. The van der Waals surface area contributed by atoms with Gasteiger partial charge in [0.15, 0.2) is 0 Å². The maximum atomic E-state index is 13.0. The number of carbonyl (C=O) groups is 1. The summed E-state index contributed by atoms with van der Waals surface area (Å²) >= 11 is 0. The Morgan fingerprint density at radius 1 is 1.15 bits per heavy atom. The second-order valence-corrected chi connectivity index (χ2v) is 8.61. The van der Waals surface area contributed by atoms with E-state index in [-0.39, 0.29) is 10.8 Å². The van der Waals surface area contributed by atoms with Gasteiger partial charge in [-0.1, -0.05) is 29.8 Å². The number of hydrogen-bond acceptors (Lipinski definition) is 4. The number of anilines is 1. The van der Waals surface area contributed by atoms with Gasteiger partial charge < -0.3 is 10.2 Å². The molecule has 1 amide bonds. The molecule has 1 heterocycles. The predicted octanol–water partition coefficient (Wildman–Crippen LogP) is 2.48. The summed E-state index contributed by atoms with van der Waals surface area (Å²) in [5, 5.41) is 3.14. The number of nitrogens with one attached hydrogen (secondary N) is 2. The molecule has 0 saturated carbocycles. The first-order valence-electron chi connectivity index (χ1n) is 9.03. The van der Waals surface area contributed by atoms with Gasteiger partial charge in [0.1, 0.15) is 0 Å². The van der Waals surface area contributed by atoms with Gasteiger partial charge in [-0.15, -0.1) is 0 Å². The molecular weight excluding hydrogens is 362 g/mol. The molecule has 144 valence electrons. The molecule has 1 aliphatic heterocycles. The van der Waals surface area contributed by atoms with E-state index in [0.29, 0.717) is 30.3 Å². The van der Waals surface area contributed by atoms with Crippen molar-refractivity contribution in [2.75, 3.05) is 31.4 Å². The van der Waals surface area contributed by atoms with E-state index in [1.165, 1.54) is 0 Å². The summed E-state index contributed by atoms with van der Waals surface area (Å²) in [7, 11) is -1.86. The maximum absolute atomic E-state index is 13.0. The minimum absolute atomic E-state index is 0.143. The summed E-state index contributed by atoms with van der Waals surface area (Å²) in [6.07, 6.45) is 0.948. The summed E-state index contributed by atoms with van der Waals surface area (Å²) in [6, 6.07) is 13.4. The highest BCUT2D eigenvalue weighted by atomic mass is 32.2. The number of nitrogens with zero attached hydrogens (tertiary/aromatic N) is 1. The molecule has 1 atom stereocenters. The monoisotopic (exact) mass is 387 g/mol. The van der Waals surface area contributed by atoms with Gasteiger partial charge in [-0.2, -0.15) is 0 Å². The van der Waals surface area contributed by atoms with Gasteiger partial charge in [0, 0.05) is 13.1 Å². The number of aryl methyl sites for hydroxylation is 1. The van der Waals surface area contributed by atoms with Crippen LogP contribution < -0.4 is 10.0 Å². The molecule has 27 heavy (non-hydrogen) atoms. The molecule has 1 aliphatic rings. The van der Waals surface area contributed by atoms with Crippen molar-refractivity contribution < 1.29 is 13.2 Å². The van der Waals surface area contributed by atoms with Crippen molar-refractivity contribution in [2.24, 2.45) is 5.92 Å². The molecule has 1 fully saturated rings. The Hall–Kier alpha value is -2.38. The van der Waals surface area contributed by atoms with Crippen LogP contribution in [-0.2, 0) is 10.0 Å². The molecule has 2 N–H and O–H groups in total. The maximum Gasteiger partial charge on any atom is 0.261 e. The van der Waals surface area contributed by atoms with Gasteiger partial charge in [0.25, 0.3) is 15.9 Å². The van der Waals surface area contributed by atoms with Crippen molar-refractivity contribution in [1.82, 2.24) is 10.2 Å². The van der Waals surface area contributed by atoms with Crippen LogP contribution in [0.25, 0.3) is 0 Å². The van der Waals surface area contributed by atoms with Crippen LogP contribution in [0.1, 0.15) is 22.3 Å². The molecule has 1 saturated heterocycles. The molecule has 3 rings (SSSR count). The second-order valence-electron chi connectivity index (χ2n) is 6.93. The van der Waals surface area contributed by atoms with Crippen LogP contribution in [0.2, 0.25) is 0 Å². The van der Waals surface area contributed by atoms with Gasteiger partial charge in [-0.25, -0.2) is 8.42 Å². The second kappa shape index (κ2) is 8.10. The Balaban J connectivity index is 1.82. The van der Waals surface area contributed by atoms with E-state index in [0.717, 1.165) is 18.5 Å². The summed E-state index contributed by atoms with van der Waals surface area (Å²) in [4.78, 5) is 14.9. The fourth-order valence-electron chi connectivity index (χ4n) is 3.32. The van der Waals surface area contributed by atoms with Crippen molar-refractivity contribution in [3.63, 3.8) is 0 Å². The third-order valence-electron chi connectivity index (χ3n) is 4.80. The molecule has 2 aromatic carbocycles. The fourth-order valence-corrected chi connectivity index (χ4v) is 4.40.